The van der Waals surface area contributed by atoms with Crippen molar-refractivity contribution in [1.29, 1.82) is 0 Å². The van der Waals surface area contributed by atoms with Crippen LogP contribution in [0.5, 0.6) is 5.75 Å². The minimum atomic E-state index is -3.95. The van der Waals surface area contributed by atoms with E-state index in [4.69, 9.17) is 21.1 Å². The summed E-state index contributed by atoms with van der Waals surface area (Å²) in [4.78, 5) is -0.0718. The number of hydrogen-bond donors (Lipinski definition) is 0. The Morgan fingerprint density at radius 3 is 2.78 bits per heavy atom. The van der Waals surface area contributed by atoms with Crippen LogP contribution in [0.4, 0.5) is 0 Å². The minimum Gasteiger partial charge on any atom is -0.495 e. The lowest BCUT2D eigenvalue weighted by Crippen LogP contribution is -2.53. The summed E-state index contributed by atoms with van der Waals surface area (Å²) in [6.07, 6.45) is -0.631. The minimum absolute atomic E-state index is 0.0718. The molecule has 0 amide bonds. The van der Waals surface area contributed by atoms with Gasteiger partial charge in [-0.2, -0.15) is 4.31 Å². The Bertz CT molecular complexity index is 823. The van der Waals surface area contributed by atoms with Gasteiger partial charge in [-0.05, 0) is 18.2 Å². The van der Waals surface area contributed by atoms with Crippen molar-refractivity contribution in [2.75, 3.05) is 31.8 Å². The van der Waals surface area contributed by atoms with Gasteiger partial charge in [-0.15, -0.1) is 0 Å². The average molecular weight is 382 g/mol. The molecule has 0 saturated carbocycles. The Morgan fingerprint density at radius 1 is 1.35 bits per heavy atom. The maximum Gasteiger partial charge on any atom is 0.247 e. The molecule has 0 spiro atoms. The normalized spacial score (nSPS) is 27.6. The van der Waals surface area contributed by atoms with Crippen LogP contribution in [-0.4, -0.2) is 65.1 Å². The van der Waals surface area contributed by atoms with Crippen molar-refractivity contribution in [3.05, 3.63) is 23.2 Å². The van der Waals surface area contributed by atoms with E-state index >= 15 is 0 Å². The Labute approximate surface area is 140 Å². The first-order valence-electron chi connectivity index (χ1n) is 6.92. The van der Waals surface area contributed by atoms with Crippen LogP contribution in [0.2, 0.25) is 5.02 Å². The highest BCUT2D eigenvalue weighted by Gasteiger charge is 2.48. The van der Waals surface area contributed by atoms with Crippen LogP contribution >= 0.6 is 11.6 Å². The fraction of sp³-hybridized carbons (Fsp3) is 0.538. The van der Waals surface area contributed by atoms with E-state index in [1.807, 2.05) is 0 Å². The summed E-state index contributed by atoms with van der Waals surface area (Å²) >= 11 is 5.92. The van der Waals surface area contributed by atoms with Crippen LogP contribution in [-0.2, 0) is 24.6 Å². The van der Waals surface area contributed by atoms with Crippen molar-refractivity contribution < 1.29 is 26.3 Å². The molecule has 0 bridgehead atoms. The molecule has 0 N–H and O–H groups in total. The zero-order chi connectivity index (χ0) is 16.8. The lowest BCUT2D eigenvalue weighted by Gasteiger charge is -2.35. The van der Waals surface area contributed by atoms with Gasteiger partial charge in [-0.3, -0.25) is 0 Å². The number of benzene rings is 1. The summed E-state index contributed by atoms with van der Waals surface area (Å²) in [5.74, 6) is -0.228. The molecule has 2 fully saturated rings. The molecule has 2 saturated heterocycles. The first kappa shape index (κ1) is 17.0. The van der Waals surface area contributed by atoms with E-state index in [1.54, 1.807) is 0 Å². The molecule has 128 valence electrons. The van der Waals surface area contributed by atoms with Crippen molar-refractivity contribution in [3.8, 4) is 5.75 Å². The molecule has 2 aliphatic heterocycles. The molecule has 1 aromatic carbocycles. The predicted molar refractivity (Wildman–Crippen MR) is 84.1 cm³/mol. The first-order valence-corrected chi connectivity index (χ1v) is 10.6. The second-order valence-electron chi connectivity index (χ2n) is 5.46. The van der Waals surface area contributed by atoms with Gasteiger partial charge in [0.25, 0.3) is 0 Å². The molecular formula is C13H16ClNO6S2. The van der Waals surface area contributed by atoms with Gasteiger partial charge in [0.2, 0.25) is 10.0 Å². The van der Waals surface area contributed by atoms with Crippen LogP contribution in [0.1, 0.15) is 0 Å². The number of sulfone groups is 1. The van der Waals surface area contributed by atoms with E-state index in [0.717, 1.165) is 0 Å². The fourth-order valence-electron chi connectivity index (χ4n) is 2.96. The molecule has 2 heterocycles. The maximum absolute atomic E-state index is 13.0. The number of hydrogen-bond acceptors (Lipinski definition) is 6. The zero-order valence-electron chi connectivity index (χ0n) is 12.3. The summed E-state index contributed by atoms with van der Waals surface area (Å²) in [6.45, 7) is 0.244. The highest BCUT2D eigenvalue weighted by molar-refractivity contribution is 7.92. The molecule has 7 nitrogen and oxygen atoms in total. The fourth-order valence-corrected chi connectivity index (χ4v) is 6.98. The van der Waals surface area contributed by atoms with Crippen LogP contribution in [0.15, 0.2) is 23.1 Å². The predicted octanol–water partition coefficient (Wildman–Crippen LogP) is 0.535. The van der Waals surface area contributed by atoms with Crippen LogP contribution in [0.3, 0.4) is 0 Å². The number of morpholine rings is 1. The number of sulfonamides is 1. The van der Waals surface area contributed by atoms with Gasteiger partial charge in [0.1, 0.15) is 10.6 Å². The quantitative estimate of drug-likeness (QED) is 0.758. The maximum atomic E-state index is 13.0. The number of ether oxygens (including phenoxy) is 2. The van der Waals surface area contributed by atoms with E-state index in [2.05, 4.69) is 0 Å². The van der Waals surface area contributed by atoms with Gasteiger partial charge in [-0.25, -0.2) is 16.8 Å². The van der Waals surface area contributed by atoms with Crippen molar-refractivity contribution in [2.24, 2.45) is 0 Å². The summed E-state index contributed by atoms with van der Waals surface area (Å²) in [6, 6.07) is 3.59. The molecule has 2 unspecified atom stereocenters. The van der Waals surface area contributed by atoms with Gasteiger partial charge in [0.15, 0.2) is 9.84 Å². The summed E-state index contributed by atoms with van der Waals surface area (Å²) in [7, 11) is -5.90. The molecule has 23 heavy (non-hydrogen) atoms. The number of rotatable bonds is 3. The van der Waals surface area contributed by atoms with E-state index in [-0.39, 0.29) is 40.3 Å². The Morgan fingerprint density at radius 2 is 2.09 bits per heavy atom. The number of halogens is 1. The first-order chi connectivity index (χ1) is 10.7. The van der Waals surface area contributed by atoms with Gasteiger partial charge in [-0.1, -0.05) is 11.6 Å². The van der Waals surface area contributed by atoms with Gasteiger partial charge in [0, 0.05) is 11.6 Å². The SMILES string of the molecule is COc1ccc(Cl)cc1S(=O)(=O)N1CCOC2CS(=O)(=O)CC21. The standard InChI is InChI=1S/C13H16ClNO6S2/c1-20-11-3-2-9(14)6-13(11)23(18,19)15-4-5-21-12-8-22(16,17)7-10(12)15/h2-3,6,10,12H,4-5,7-8H2,1H3. The van der Waals surface area contributed by atoms with Crippen LogP contribution < -0.4 is 4.74 Å². The molecule has 1 aromatic rings. The second-order valence-corrected chi connectivity index (χ2v) is 9.91. The van der Waals surface area contributed by atoms with E-state index in [9.17, 15) is 16.8 Å². The molecular weight excluding hydrogens is 366 g/mol. The van der Waals surface area contributed by atoms with Crippen molar-refractivity contribution in [2.45, 2.75) is 17.0 Å². The molecule has 0 aliphatic carbocycles. The smallest absolute Gasteiger partial charge is 0.247 e. The third-order valence-electron chi connectivity index (χ3n) is 4.00. The zero-order valence-corrected chi connectivity index (χ0v) is 14.7. The van der Waals surface area contributed by atoms with Crippen molar-refractivity contribution >= 4 is 31.5 Å². The summed E-state index contributed by atoms with van der Waals surface area (Å²) in [5.41, 5.74) is 0. The largest absolute Gasteiger partial charge is 0.495 e. The van der Waals surface area contributed by atoms with Crippen LogP contribution in [0.25, 0.3) is 0 Å². The Balaban J connectivity index is 2.04. The summed E-state index contributed by atoms with van der Waals surface area (Å²) in [5, 5.41) is 0.258. The third-order valence-corrected chi connectivity index (χ3v) is 7.86. The number of methoxy groups -OCH3 is 1. The number of nitrogens with zero attached hydrogens (tertiary/aromatic N) is 1. The molecule has 2 atom stereocenters. The lowest BCUT2D eigenvalue weighted by atomic mass is 10.2. The number of fused-ring (bicyclic) bond motifs is 1. The molecule has 0 aromatic heterocycles. The van der Waals surface area contributed by atoms with Crippen molar-refractivity contribution in [1.82, 2.24) is 4.31 Å². The second kappa shape index (κ2) is 5.89. The average Bonchev–Trinajstić information content (AvgIpc) is 2.80. The van der Waals surface area contributed by atoms with E-state index in [1.165, 1.54) is 29.6 Å². The topological polar surface area (TPSA) is 90.0 Å². The van der Waals surface area contributed by atoms with Crippen LogP contribution in [0, 0.1) is 0 Å². The molecule has 2 aliphatic rings. The monoisotopic (exact) mass is 381 g/mol. The third kappa shape index (κ3) is 3.08. The molecule has 10 heteroatoms. The highest BCUT2D eigenvalue weighted by Crippen LogP contribution is 2.34. The van der Waals surface area contributed by atoms with Gasteiger partial charge < -0.3 is 9.47 Å². The summed E-state index contributed by atoms with van der Waals surface area (Å²) < 4.78 is 61.4. The van der Waals surface area contributed by atoms with E-state index in [0.29, 0.717) is 0 Å². The molecule has 0 radical (unpaired) electrons. The van der Waals surface area contributed by atoms with Crippen molar-refractivity contribution in [3.63, 3.8) is 0 Å². The Kier molecular flexibility index (Phi) is 4.35. The van der Waals surface area contributed by atoms with Gasteiger partial charge >= 0.3 is 0 Å². The van der Waals surface area contributed by atoms with E-state index < -0.39 is 32.0 Å². The van der Waals surface area contributed by atoms with Gasteiger partial charge in [0.05, 0.1) is 37.4 Å². The molecule has 3 rings (SSSR count). The highest BCUT2D eigenvalue weighted by atomic mass is 35.5. The lowest BCUT2D eigenvalue weighted by molar-refractivity contribution is -0.0142. The Hall–Kier alpha value is -0.870.